The van der Waals surface area contributed by atoms with E-state index in [0.29, 0.717) is 19.1 Å². The number of hydrogen-bond acceptors (Lipinski definition) is 3. The minimum absolute atomic E-state index is 0.0858. The van der Waals surface area contributed by atoms with Crippen molar-refractivity contribution >= 4 is 5.97 Å². The van der Waals surface area contributed by atoms with Gasteiger partial charge < -0.3 is 9.47 Å². The largest absolute Gasteiger partial charge is 0.466 e. The van der Waals surface area contributed by atoms with Crippen molar-refractivity contribution < 1.29 is 14.3 Å². The second-order valence-electron chi connectivity index (χ2n) is 3.39. The second kappa shape index (κ2) is 5.97. The SMILES string of the molecule is CCCOC(=O)CCC1CCCO1. The van der Waals surface area contributed by atoms with Crippen molar-refractivity contribution in [2.45, 2.75) is 45.1 Å². The van der Waals surface area contributed by atoms with Crippen molar-refractivity contribution in [1.29, 1.82) is 0 Å². The molecule has 76 valence electrons. The van der Waals surface area contributed by atoms with E-state index in [1.807, 2.05) is 6.92 Å². The molecule has 1 heterocycles. The maximum Gasteiger partial charge on any atom is 0.305 e. The third kappa shape index (κ3) is 4.27. The molecule has 0 aromatic carbocycles. The molecule has 0 aromatic rings. The Bertz CT molecular complexity index is 150. The molecule has 1 atom stereocenters. The van der Waals surface area contributed by atoms with Gasteiger partial charge in [-0.05, 0) is 25.7 Å². The standard InChI is InChI=1S/C10H18O3/c1-2-7-13-10(11)6-5-9-4-3-8-12-9/h9H,2-8H2,1H3. The summed E-state index contributed by atoms with van der Waals surface area (Å²) in [7, 11) is 0. The van der Waals surface area contributed by atoms with Crippen LogP contribution >= 0.6 is 0 Å². The average molecular weight is 186 g/mol. The van der Waals surface area contributed by atoms with Crippen molar-refractivity contribution in [3.8, 4) is 0 Å². The lowest BCUT2D eigenvalue weighted by Crippen LogP contribution is -2.11. The van der Waals surface area contributed by atoms with Gasteiger partial charge in [-0.15, -0.1) is 0 Å². The van der Waals surface area contributed by atoms with E-state index >= 15 is 0 Å². The highest BCUT2D eigenvalue weighted by Gasteiger charge is 2.16. The van der Waals surface area contributed by atoms with E-state index in [1.54, 1.807) is 0 Å². The molecule has 1 fully saturated rings. The molecule has 0 spiro atoms. The second-order valence-corrected chi connectivity index (χ2v) is 3.39. The molecule has 0 aliphatic carbocycles. The minimum Gasteiger partial charge on any atom is -0.466 e. The molecule has 1 unspecified atom stereocenters. The summed E-state index contributed by atoms with van der Waals surface area (Å²) in [5.74, 6) is -0.0858. The Morgan fingerprint density at radius 3 is 3.08 bits per heavy atom. The first-order valence-electron chi connectivity index (χ1n) is 5.10. The summed E-state index contributed by atoms with van der Waals surface area (Å²) in [6.45, 7) is 3.40. The zero-order valence-corrected chi connectivity index (χ0v) is 8.25. The van der Waals surface area contributed by atoms with Gasteiger partial charge in [0.05, 0.1) is 12.7 Å². The molecule has 0 radical (unpaired) electrons. The number of ether oxygens (including phenoxy) is 2. The quantitative estimate of drug-likeness (QED) is 0.615. The van der Waals surface area contributed by atoms with Crippen molar-refractivity contribution in [2.24, 2.45) is 0 Å². The van der Waals surface area contributed by atoms with Crippen LogP contribution in [0.3, 0.4) is 0 Å². The van der Waals surface area contributed by atoms with Crippen LogP contribution in [0.2, 0.25) is 0 Å². The maximum atomic E-state index is 11.1. The zero-order chi connectivity index (χ0) is 9.52. The first kappa shape index (κ1) is 10.5. The van der Waals surface area contributed by atoms with Crippen LogP contribution in [0.4, 0.5) is 0 Å². The molecule has 0 saturated carbocycles. The first-order valence-corrected chi connectivity index (χ1v) is 5.10. The fraction of sp³-hybridized carbons (Fsp3) is 0.900. The summed E-state index contributed by atoms with van der Waals surface area (Å²) >= 11 is 0. The summed E-state index contributed by atoms with van der Waals surface area (Å²) in [6.07, 6.45) is 4.75. The molecule has 13 heavy (non-hydrogen) atoms. The van der Waals surface area contributed by atoms with E-state index in [-0.39, 0.29) is 5.97 Å². The summed E-state index contributed by atoms with van der Waals surface area (Å²) in [5.41, 5.74) is 0. The Hall–Kier alpha value is -0.570. The van der Waals surface area contributed by atoms with Crippen LogP contribution in [0.15, 0.2) is 0 Å². The Kier molecular flexibility index (Phi) is 4.83. The smallest absolute Gasteiger partial charge is 0.305 e. The highest BCUT2D eigenvalue weighted by atomic mass is 16.5. The minimum atomic E-state index is -0.0858. The number of carbonyl (C=O) groups is 1. The van der Waals surface area contributed by atoms with Crippen LogP contribution in [0.5, 0.6) is 0 Å². The van der Waals surface area contributed by atoms with Gasteiger partial charge in [0.25, 0.3) is 0 Å². The van der Waals surface area contributed by atoms with Crippen LogP contribution in [0.1, 0.15) is 39.0 Å². The molecular weight excluding hydrogens is 168 g/mol. The lowest BCUT2D eigenvalue weighted by Gasteiger charge is -2.08. The topological polar surface area (TPSA) is 35.5 Å². The molecule has 3 heteroatoms. The molecule has 1 aliphatic rings. The van der Waals surface area contributed by atoms with E-state index in [9.17, 15) is 4.79 Å². The highest BCUT2D eigenvalue weighted by molar-refractivity contribution is 5.69. The molecular formula is C10H18O3. The van der Waals surface area contributed by atoms with Crippen molar-refractivity contribution in [3.63, 3.8) is 0 Å². The predicted molar refractivity (Wildman–Crippen MR) is 49.5 cm³/mol. The van der Waals surface area contributed by atoms with Gasteiger partial charge in [0, 0.05) is 13.0 Å². The highest BCUT2D eigenvalue weighted by Crippen LogP contribution is 2.16. The summed E-state index contributed by atoms with van der Waals surface area (Å²) in [5, 5.41) is 0. The van der Waals surface area contributed by atoms with Crippen molar-refractivity contribution in [3.05, 3.63) is 0 Å². The summed E-state index contributed by atoms with van der Waals surface area (Å²) in [4.78, 5) is 11.1. The summed E-state index contributed by atoms with van der Waals surface area (Å²) in [6, 6.07) is 0. The molecule has 0 N–H and O–H groups in total. The number of esters is 1. The average Bonchev–Trinajstić information content (AvgIpc) is 2.64. The molecule has 0 bridgehead atoms. The van der Waals surface area contributed by atoms with Gasteiger partial charge in [-0.1, -0.05) is 6.92 Å². The predicted octanol–water partition coefficient (Wildman–Crippen LogP) is 1.90. The Morgan fingerprint density at radius 2 is 2.46 bits per heavy atom. The van der Waals surface area contributed by atoms with Crippen LogP contribution in [0.25, 0.3) is 0 Å². The first-order chi connectivity index (χ1) is 6.33. The van der Waals surface area contributed by atoms with Crippen LogP contribution in [-0.2, 0) is 14.3 Å². The van der Waals surface area contributed by atoms with E-state index in [1.165, 1.54) is 0 Å². The van der Waals surface area contributed by atoms with E-state index in [0.717, 1.165) is 32.3 Å². The molecule has 1 rings (SSSR count). The van der Waals surface area contributed by atoms with Crippen molar-refractivity contribution in [2.75, 3.05) is 13.2 Å². The third-order valence-electron chi connectivity index (χ3n) is 2.16. The molecule has 3 nitrogen and oxygen atoms in total. The van der Waals surface area contributed by atoms with Gasteiger partial charge >= 0.3 is 5.97 Å². The van der Waals surface area contributed by atoms with Crippen LogP contribution in [-0.4, -0.2) is 25.3 Å². The Balaban J connectivity index is 2.00. The Morgan fingerprint density at radius 1 is 1.62 bits per heavy atom. The maximum absolute atomic E-state index is 11.1. The lowest BCUT2D eigenvalue weighted by molar-refractivity contribution is -0.144. The summed E-state index contributed by atoms with van der Waals surface area (Å²) < 4.78 is 10.4. The van der Waals surface area contributed by atoms with Gasteiger partial charge in [0.15, 0.2) is 0 Å². The fourth-order valence-corrected chi connectivity index (χ4v) is 1.44. The number of rotatable bonds is 5. The van der Waals surface area contributed by atoms with Crippen LogP contribution in [0, 0.1) is 0 Å². The van der Waals surface area contributed by atoms with Gasteiger partial charge in [-0.2, -0.15) is 0 Å². The fourth-order valence-electron chi connectivity index (χ4n) is 1.44. The zero-order valence-electron chi connectivity index (χ0n) is 8.25. The third-order valence-corrected chi connectivity index (χ3v) is 2.16. The monoisotopic (exact) mass is 186 g/mol. The number of carbonyl (C=O) groups excluding carboxylic acids is 1. The van der Waals surface area contributed by atoms with Gasteiger partial charge in [-0.3, -0.25) is 4.79 Å². The molecule has 0 amide bonds. The molecule has 1 aliphatic heterocycles. The number of hydrogen-bond donors (Lipinski definition) is 0. The van der Waals surface area contributed by atoms with Gasteiger partial charge in [0.1, 0.15) is 0 Å². The molecule has 1 saturated heterocycles. The van der Waals surface area contributed by atoms with Gasteiger partial charge in [0.2, 0.25) is 0 Å². The normalized spacial score (nSPS) is 21.8. The lowest BCUT2D eigenvalue weighted by atomic mass is 10.1. The Labute approximate surface area is 79.4 Å². The van der Waals surface area contributed by atoms with E-state index < -0.39 is 0 Å². The van der Waals surface area contributed by atoms with E-state index in [2.05, 4.69) is 0 Å². The van der Waals surface area contributed by atoms with Crippen molar-refractivity contribution in [1.82, 2.24) is 0 Å². The molecule has 0 aromatic heterocycles. The van der Waals surface area contributed by atoms with Gasteiger partial charge in [-0.25, -0.2) is 0 Å². The van der Waals surface area contributed by atoms with E-state index in [4.69, 9.17) is 9.47 Å². The van der Waals surface area contributed by atoms with Crippen LogP contribution < -0.4 is 0 Å².